The first kappa shape index (κ1) is 21.7. The molecular weight excluding hydrogens is 424 g/mol. The summed E-state index contributed by atoms with van der Waals surface area (Å²) < 4.78 is 2.82. The molecule has 0 bridgehead atoms. The summed E-state index contributed by atoms with van der Waals surface area (Å²) in [5.74, 6) is 0. The molecule has 2 heteroatoms. The van der Waals surface area contributed by atoms with Gasteiger partial charge in [0.05, 0.1) is 0 Å². The van der Waals surface area contributed by atoms with E-state index in [1.807, 2.05) is 22.7 Å². The predicted octanol–water partition coefficient (Wildman–Crippen LogP) is 10.6. The van der Waals surface area contributed by atoms with Crippen LogP contribution >= 0.6 is 22.7 Å². The molecule has 0 aliphatic carbocycles. The van der Waals surface area contributed by atoms with Crippen LogP contribution in [0.4, 0.5) is 0 Å². The first-order chi connectivity index (χ1) is 15.8. The minimum Gasteiger partial charge on any atom is -0.140 e. The maximum Gasteiger partial charge on any atom is 0.0355 e. The Hall–Kier alpha value is -2.16. The van der Waals surface area contributed by atoms with Crippen molar-refractivity contribution >= 4 is 53.6 Å². The third-order valence-corrected chi connectivity index (χ3v) is 8.80. The molecule has 0 unspecified atom stereocenters. The molecule has 0 aliphatic rings. The van der Waals surface area contributed by atoms with E-state index in [4.69, 9.17) is 0 Å². The van der Waals surface area contributed by atoms with Gasteiger partial charge in [0.15, 0.2) is 0 Å². The molecule has 0 spiro atoms. The molecule has 0 atom stereocenters. The number of benzene rings is 3. The zero-order chi connectivity index (χ0) is 21.8. The van der Waals surface area contributed by atoms with Crippen LogP contribution in [0, 0.1) is 0 Å². The summed E-state index contributed by atoms with van der Waals surface area (Å²) in [5.41, 5.74) is 1.31. The van der Waals surface area contributed by atoms with Crippen molar-refractivity contribution in [1.82, 2.24) is 0 Å². The summed E-state index contributed by atoms with van der Waals surface area (Å²) in [6.45, 7) is 2.29. The standard InChI is InChI=1S/C30H32S2/c1-2-3-4-5-6-7-8-12-15-27-18-25-16-23-17-26-21-28(22-13-10-9-11-14-22)32-30(26)20-24(23)19-29(25)31-27/h9-11,13-14,16-21H,2-8,12,15H2,1H3. The summed E-state index contributed by atoms with van der Waals surface area (Å²) in [6, 6.07) is 25.1. The van der Waals surface area contributed by atoms with Crippen LogP contribution in [0.2, 0.25) is 0 Å². The molecular formula is C30H32S2. The minimum absolute atomic E-state index is 1.24. The molecule has 5 aromatic rings. The molecule has 2 aromatic heterocycles. The van der Waals surface area contributed by atoms with Crippen LogP contribution in [-0.2, 0) is 6.42 Å². The van der Waals surface area contributed by atoms with Gasteiger partial charge >= 0.3 is 0 Å². The number of fused-ring (bicyclic) bond motifs is 3. The van der Waals surface area contributed by atoms with Crippen molar-refractivity contribution in [3.8, 4) is 10.4 Å². The second-order valence-corrected chi connectivity index (χ2v) is 11.3. The van der Waals surface area contributed by atoms with E-state index >= 15 is 0 Å². The van der Waals surface area contributed by atoms with E-state index in [2.05, 4.69) is 73.7 Å². The zero-order valence-corrected chi connectivity index (χ0v) is 20.7. The Kier molecular flexibility index (Phi) is 6.90. The molecule has 3 aromatic carbocycles. The number of hydrogen-bond donors (Lipinski definition) is 0. The van der Waals surface area contributed by atoms with Gasteiger partial charge in [0.2, 0.25) is 0 Å². The highest BCUT2D eigenvalue weighted by Gasteiger charge is 2.09. The Morgan fingerprint density at radius 1 is 0.562 bits per heavy atom. The zero-order valence-electron chi connectivity index (χ0n) is 19.0. The van der Waals surface area contributed by atoms with Crippen molar-refractivity contribution in [2.75, 3.05) is 0 Å². The van der Waals surface area contributed by atoms with Crippen molar-refractivity contribution in [3.05, 3.63) is 71.6 Å². The van der Waals surface area contributed by atoms with Gasteiger partial charge in [-0.25, -0.2) is 0 Å². The van der Waals surface area contributed by atoms with Crippen molar-refractivity contribution in [2.24, 2.45) is 0 Å². The maximum absolute atomic E-state index is 2.44. The van der Waals surface area contributed by atoms with Crippen LogP contribution in [0.25, 0.3) is 41.4 Å². The van der Waals surface area contributed by atoms with Crippen LogP contribution in [-0.4, -0.2) is 0 Å². The molecule has 0 saturated heterocycles. The lowest BCUT2D eigenvalue weighted by molar-refractivity contribution is 0.576. The Morgan fingerprint density at radius 2 is 1.19 bits per heavy atom. The molecule has 32 heavy (non-hydrogen) atoms. The van der Waals surface area contributed by atoms with E-state index in [0.29, 0.717) is 0 Å². The summed E-state index contributed by atoms with van der Waals surface area (Å²) in [5, 5.41) is 5.50. The minimum atomic E-state index is 1.24. The van der Waals surface area contributed by atoms with Gasteiger partial charge in [-0.3, -0.25) is 0 Å². The molecule has 2 heterocycles. The van der Waals surface area contributed by atoms with E-state index in [1.165, 1.54) is 99.2 Å². The molecule has 0 amide bonds. The molecule has 5 rings (SSSR count). The quantitative estimate of drug-likeness (QED) is 0.183. The predicted molar refractivity (Wildman–Crippen MR) is 146 cm³/mol. The van der Waals surface area contributed by atoms with Gasteiger partial charge in [0.25, 0.3) is 0 Å². The Labute approximate surface area is 199 Å². The van der Waals surface area contributed by atoms with Crippen LogP contribution in [0.5, 0.6) is 0 Å². The third-order valence-electron chi connectivity index (χ3n) is 6.50. The normalized spacial score (nSPS) is 11.8. The summed E-state index contributed by atoms with van der Waals surface area (Å²) in [6.07, 6.45) is 12.4. The first-order valence-corrected chi connectivity index (χ1v) is 13.9. The van der Waals surface area contributed by atoms with Crippen LogP contribution in [0.15, 0.2) is 66.7 Å². The average molecular weight is 457 g/mol. The van der Waals surface area contributed by atoms with Gasteiger partial charge < -0.3 is 0 Å². The molecule has 0 saturated carbocycles. The van der Waals surface area contributed by atoms with Crippen LogP contribution in [0.3, 0.4) is 0 Å². The Bertz CT molecular complexity index is 1240. The SMILES string of the molecule is CCCCCCCCCCc1cc2cc3cc4cc(-c5ccccc5)sc4cc3cc2s1. The highest BCUT2D eigenvalue weighted by molar-refractivity contribution is 7.22. The van der Waals surface area contributed by atoms with E-state index in [9.17, 15) is 0 Å². The van der Waals surface area contributed by atoms with E-state index in [-0.39, 0.29) is 0 Å². The molecule has 0 fully saturated rings. The molecule has 164 valence electrons. The fraction of sp³-hybridized carbons (Fsp3) is 0.333. The van der Waals surface area contributed by atoms with Crippen molar-refractivity contribution in [3.63, 3.8) is 0 Å². The van der Waals surface area contributed by atoms with Crippen LogP contribution < -0.4 is 0 Å². The number of thiophene rings is 2. The summed E-state index contributed by atoms with van der Waals surface area (Å²) in [4.78, 5) is 2.90. The van der Waals surface area contributed by atoms with Gasteiger partial charge in [-0.05, 0) is 76.3 Å². The molecule has 0 aliphatic heterocycles. The lowest BCUT2D eigenvalue weighted by atomic mass is 10.1. The van der Waals surface area contributed by atoms with Crippen molar-refractivity contribution in [2.45, 2.75) is 64.7 Å². The second kappa shape index (κ2) is 10.2. The van der Waals surface area contributed by atoms with E-state index < -0.39 is 0 Å². The number of aryl methyl sites for hydroxylation is 1. The van der Waals surface area contributed by atoms with Crippen molar-refractivity contribution in [1.29, 1.82) is 0 Å². The van der Waals surface area contributed by atoms with Gasteiger partial charge in [0.1, 0.15) is 0 Å². The second-order valence-electron chi connectivity index (χ2n) is 9.04. The van der Waals surface area contributed by atoms with Crippen molar-refractivity contribution < 1.29 is 0 Å². The Balaban J connectivity index is 1.29. The number of unbranched alkanes of at least 4 members (excludes halogenated alkanes) is 7. The fourth-order valence-electron chi connectivity index (χ4n) is 4.68. The lowest BCUT2D eigenvalue weighted by Gasteiger charge is -2.00. The van der Waals surface area contributed by atoms with E-state index in [0.717, 1.165) is 0 Å². The number of rotatable bonds is 10. The maximum atomic E-state index is 2.44. The first-order valence-electron chi connectivity index (χ1n) is 12.3. The van der Waals surface area contributed by atoms with Gasteiger partial charge in [0, 0.05) is 19.2 Å². The van der Waals surface area contributed by atoms with Gasteiger partial charge in [-0.15, -0.1) is 22.7 Å². The highest BCUT2D eigenvalue weighted by atomic mass is 32.1. The summed E-state index contributed by atoms with van der Waals surface area (Å²) in [7, 11) is 0. The van der Waals surface area contributed by atoms with Crippen LogP contribution in [0.1, 0.15) is 63.2 Å². The topological polar surface area (TPSA) is 0 Å². The van der Waals surface area contributed by atoms with Gasteiger partial charge in [-0.2, -0.15) is 0 Å². The highest BCUT2D eigenvalue weighted by Crippen LogP contribution is 2.38. The molecule has 0 N–H and O–H groups in total. The largest absolute Gasteiger partial charge is 0.140 e. The summed E-state index contributed by atoms with van der Waals surface area (Å²) >= 11 is 3.90. The Morgan fingerprint density at radius 3 is 1.94 bits per heavy atom. The average Bonchev–Trinajstić information content (AvgIpc) is 3.41. The molecule has 0 nitrogen and oxygen atoms in total. The monoisotopic (exact) mass is 456 g/mol. The fourth-order valence-corrected chi connectivity index (χ4v) is 6.91. The smallest absolute Gasteiger partial charge is 0.0355 e. The van der Waals surface area contributed by atoms with E-state index in [1.54, 1.807) is 4.88 Å². The number of hydrogen-bond acceptors (Lipinski definition) is 2. The van der Waals surface area contributed by atoms with Gasteiger partial charge in [-0.1, -0.05) is 82.2 Å². The third kappa shape index (κ3) is 4.92. The lowest BCUT2D eigenvalue weighted by Crippen LogP contribution is -1.83. The molecule has 0 radical (unpaired) electrons.